The Balaban J connectivity index is 2.65. The van der Waals surface area contributed by atoms with Crippen molar-refractivity contribution in [1.29, 1.82) is 0 Å². The number of nitrogens with zero attached hydrogens (tertiary/aromatic N) is 1. The molecule has 0 spiro atoms. The predicted molar refractivity (Wildman–Crippen MR) is 63.5 cm³/mol. The molecular formula is C10H17N3OS. The number of thiazole rings is 1. The fraction of sp³-hybridized carbons (Fsp3) is 0.600. The van der Waals surface area contributed by atoms with E-state index in [9.17, 15) is 4.79 Å². The normalized spacial score (nSPS) is 11.2. The summed E-state index contributed by atoms with van der Waals surface area (Å²) < 4.78 is 0. The Morgan fingerprint density at radius 3 is 2.67 bits per heavy atom. The number of aromatic nitrogens is 1. The molecule has 15 heavy (non-hydrogen) atoms. The van der Waals surface area contributed by atoms with Crippen LogP contribution in [0, 0.1) is 0 Å². The minimum Gasteiger partial charge on any atom is -0.338 e. The summed E-state index contributed by atoms with van der Waals surface area (Å²) in [6, 6.07) is -0.202. The number of hydrogen-bond donors (Lipinski definition) is 2. The van der Waals surface area contributed by atoms with Crippen LogP contribution in [0.5, 0.6) is 0 Å². The third kappa shape index (κ3) is 3.51. The Bertz CT molecular complexity index is 341. The van der Waals surface area contributed by atoms with Gasteiger partial charge in [-0.15, -0.1) is 11.3 Å². The molecule has 84 valence electrons. The van der Waals surface area contributed by atoms with Crippen molar-refractivity contribution in [3.8, 4) is 0 Å². The van der Waals surface area contributed by atoms with Gasteiger partial charge in [0.05, 0.1) is 5.69 Å². The van der Waals surface area contributed by atoms with Crippen molar-refractivity contribution >= 4 is 22.5 Å². The first-order valence-electron chi connectivity index (χ1n) is 4.94. The smallest absolute Gasteiger partial charge is 0.321 e. The van der Waals surface area contributed by atoms with Gasteiger partial charge in [0.25, 0.3) is 0 Å². The van der Waals surface area contributed by atoms with Crippen molar-refractivity contribution in [2.45, 2.75) is 33.1 Å². The second-order valence-corrected chi connectivity index (χ2v) is 5.13. The molecule has 4 nitrogen and oxygen atoms in total. The van der Waals surface area contributed by atoms with E-state index >= 15 is 0 Å². The van der Waals surface area contributed by atoms with Crippen LogP contribution in [-0.2, 0) is 5.41 Å². The van der Waals surface area contributed by atoms with E-state index in [1.807, 2.05) is 12.3 Å². The number of carbonyl (C=O) groups excluding carboxylic acids is 1. The van der Waals surface area contributed by atoms with E-state index in [4.69, 9.17) is 0 Å². The van der Waals surface area contributed by atoms with Gasteiger partial charge in [-0.25, -0.2) is 9.78 Å². The van der Waals surface area contributed by atoms with Crippen molar-refractivity contribution in [2.75, 3.05) is 11.9 Å². The van der Waals surface area contributed by atoms with Crippen LogP contribution in [0.15, 0.2) is 5.38 Å². The van der Waals surface area contributed by atoms with Gasteiger partial charge < -0.3 is 5.32 Å². The van der Waals surface area contributed by atoms with Crippen molar-refractivity contribution in [2.24, 2.45) is 0 Å². The first kappa shape index (κ1) is 12.0. The number of hydrogen-bond acceptors (Lipinski definition) is 3. The van der Waals surface area contributed by atoms with E-state index < -0.39 is 0 Å². The van der Waals surface area contributed by atoms with Crippen LogP contribution in [0.3, 0.4) is 0 Å². The molecule has 1 heterocycles. The molecule has 0 bridgehead atoms. The zero-order chi connectivity index (χ0) is 11.5. The molecule has 0 unspecified atom stereocenters. The monoisotopic (exact) mass is 227 g/mol. The van der Waals surface area contributed by atoms with E-state index in [0.29, 0.717) is 11.7 Å². The van der Waals surface area contributed by atoms with E-state index in [0.717, 1.165) is 5.69 Å². The highest BCUT2D eigenvalue weighted by molar-refractivity contribution is 7.13. The van der Waals surface area contributed by atoms with Gasteiger partial charge in [0.1, 0.15) is 0 Å². The standard InChI is InChI=1S/C10H17N3OS/c1-5-11-8(14)13-9-12-7(6-15-9)10(2,3)4/h6H,5H2,1-4H3,(H2,11,12,13,14). The van der Waals surface area contributed by atoms with E-state index in [1.54, 1.807) is 0 Å². The lowest BCUT2D eigenvalue weighted by atomic mass is 9.93. The minimum atomic E-state index is -0.202. The Morgan fingerprint density at radius 1 is 1.53 bits per heavy atom. The van der Waals surface area contributed by atoms with Gasteiger partial charge in [-0.1, -0.05) is 20.8 Å². The van der Waals surface area contributed by atoms with Gasteiger partial charge in [0, 0.05) is 17.3 Å². The summed E-state index contributed by atoms with van der Waals surface area (Å²) in [7, 11) is 0. The van der Waals surface area contributed by atoms with E-state index in [2.05, 4.69) is 36.4 Å². The molecule has 0 aliphatic heterocycles. The molecule has 0 atom stereocenters. The van der Waals surface area contributed by atoms with E-state index in [-0.39, 0.29) is 11.4 Å². The molecule has 0 aliphatic carbocycles. The third-order valence-electron chi connectivity index (χ3n) is 1.83. The molecule has 0 aromatic carbocycles. The average Bonchev–Trinajstić information content (AvgIpc) is 2.52. The second-order valence-electron chi connectivity index (χ2n) is 4.27. The van der Waals surface area contributed by atoms with Gasteiger partial charge >= 0.3 is 6.03 Å². The van der Waals surface area contributed by atoms with Crippen molar-refractivity contribution in [1.82, 2.24) is 10.3 Å². The number of carbonyl (C=O) groups is 1. The molecule has 0 aliphatic rings. The fourth-order valence-electron chi connectivity index (χ4n) is 0.978. The number of urea groups is 1. The highest BCUT2D eigenvalue weighted by atomic mass is 32.1. The molecule has 0 saturated carbocycles. The lowest BCUT2D eigenvalue weighted by Crippen LogP contribution is -2.28. The molecule has 1 aromatic heterocycles. The quantitative estimate of drug-likeness (QED) is 0.816. The lowest BCUT2D eigenvalue weighted by Gasteiger charge is -2.14. The fourth-order valence-corrected chi connectivity index (χ4v) is 1.91. The van der Waals surface area contributed by atoms with Crippen molar-refractivity contribution in [3.05, 3.63) is 11.1 Å². The van der Waals surface area contributed by atoms with Crippen LogP contribution in [0.4, 0.5) is 9.93 Å². The zero-order valence-electron chi connectivity index (χ0n) is 9.55. The molecular weight excluding hydrogens is 210 g/mol. The van der Waals surface area contributed by atoms with Gasteiger partial charge in [-0.05, 0) is 6.92 Å². The lowest BCUT2D eigenvalue weighted by molar-refractivity contribution is 0.252. The highest BCUT2D eigenvalue weighted by Gasteiger charge is 2.17. The number of rotatable bonds is 2. The molecule has 0 fully saturated rings. The van der Waals surface area contributed by atoms with Crippen LogP contribution in [0.25, 0.3) is 0 Å². The maximum absolute atomic E-state index is 11.2. The zero-order valence-corrected chi connectivity index (χ0v) is 10.4. The molecule has 1 rings (SSSR count). The number of nitrogens with one attached hydrogen (secondary N) is 2. The van der Waals surface area contributed by atoms with Crippen LogP contribution >= 0.6 is 11.3 Å². The van der Waals surface area contributed by atoms with Gasteiger partial charge in [0.15, 0.2) is 5.13 Å². The largest absolute Gasteiger partial charge is 0.338 e. The van der Waals surface area contributed by atoms with Crippen molar-refractivity contribution in [3.63, 3.8) is 0 Å². The predicted octanol–water partition coefficient (Wildman–Crippen LogP) is 2.58. The molecule has 2 amide bonds. The molecule has 5 heteroatoms. The maximum Gasteiger partial charge on any atom is 0.321 e. The van der Waals surface area contributed by atoms with Crippen LogP contribution in [0.1, 0.15) is 33.4 Å². The summed E-state index contributed by atoms with van der Waals surface area (Å²) in [5, 5.41) is 7.97. The first-order chi connectivity index (χ1) is 6.93. The molecule has 2 N–H and O–H groups in total. The van der Waals surface area contributed by atoms with Crippen LogP contribution in [-0.4, -0.2) is 17.6 Å². The summed E-state index contributed by atoms with van der Waals surface area (Å²) in [5.74, 6) is 0. The maximum atomic E-state index is 11.2. The molecule has 0 saturated heterocycles. The topological polar surface area (TPSA) is 54.0 Å². The Kier molecular flexibility index (Phi) is 3.68. The van der Waals surface area contributed by atoms with Gasteiger partial charge in [-0.2, -0.15) is 0 Å². The number of amides is 2. The average molecular weight is 227 g/mol. The van der Waals surface area contributed by atoms with E-state index in [1.165, 1.54) is 11.3 Å². The summed E-state index contributed by atoms with van der Waals surface area (Å²) in [6.07, 6.45) is 0. The van der Waals surface area contributed by atoms with Crippen LogP contribution < -0.4 is 10.6 Å². The van der Waals surface area contributed by atoms with Crippen molar-refractivity contribution < 1.29 is 4.79 Å². The minimum absolute atomic E-state index is 0.0255. The van der Waals surface area contributed by atoms with Gasteiger partial charge in [-0.3, -0.25) is 5.32 Å². The first-order valence-corrected chi connectivity index (χ1v) is 5.82. The molecule has 0 radical (unpaired) electrons. The molecule has 1 aromatic rings. The summed E-state index contributed by atoms with van der Waals surface area (Å²) in [6.45, 7) is 8.78. The second kappa shape index (κ2) is 4.61. The van der Waals surface area contributed by atoms with Crippen LogP contribution in [0.2, 0.25) is 0 Å². The summed E-state index contributed by atoms with van der Waals surface area (Å²) >= 11 is 1.45. The third-order valence-corrected chi connectivity index (χ3v) is 2.59. The number of anilines is 1. The summed E-state index contributed by atoms with van der Waals surface area (Å²) in [5.41, 5.74) is 1.02. The SMILES string of the molecule is CCNC(=O)Nc1nc(C(C)(C)C)cs1. The van der Waals surface area contributed by atoms with Gasteiger partial charge in [0.2, 0.25) is 0 Å². The highest BCUT2D eigenvalue weighted by Crippen LogP contribution is 2.26. The Labute approximate surface area is 94.1 Å². The Morgan fingerprint density at radius 2 is 2.20 bits per heavy atom. The summed E-state index contributed by atoms with van der Waals surface area (Å²) in [4.78, 5) is 15.6. The Hall–Kier alpha value is -1.10.